The first-order valence-corrected chi connectivity index (χ1v) is 9.80. The molecule has 1 heterocycles. The van der Waals surface area contributed by atoms with Gasteiger partial charge in [-0.2, -0.15) is 0 Å². The molecule has 0 bridgehead atoms. The minimum Gasteiger partial charge on any atom is -0.394 e. The van der Waals surface area contributed by atoms with Crippen molar-refractivity contribution in [3.63, 3.8) is 0 Å². The van der Waals surface area contributed by atoms with Gasteiger partial charge in [-0.25, -0.2) is 4.98 Å². The number of nitrogens with zero attached hydrogens (tertiary/aromatic N) is 1. The van der Waals surface area contributed by atoms with Crippen molar-refractivity contribution < 1.29 is 9.90 Å². The highest BCUT2D eigenvalue weighted by Gasteiger charge is 2.26. The van der Waals surface area contributed by atoms with E-state index in [0.29, 0.717) is 0 Å². The summed E-state index contributed by atoms with van der Waals surface area (Å²) in [6, 6.07) is 3.72. The Hall–Kier alpha value is -1.62. The number of carbonyl (C=O) groups is 1. The van der Waals surface area contributed by atoms with E-state index in [2.05, 4.69) is 22.5 Å². The van der Waals surface area contributed by atoms with E-state index < -0.39 is 0 Å². The number of carbonyl (C=O) groups excluding carboxylic acids is 1. The third kappa shape index (κ3) is 6.31. The van der Waals surface area contributed by atoms with E-state index in [1.54, 1.807) is 6.20 Å². The van der Waals surface area contributed by atoms with E-state index >= 15 is 0 Å². The molecule has 0 saturated heterocycles. The van der Waals surface area contributed by atoms with Gasteiger partial charge in [-0.3, -0.25) is 4.79 Å². The molecule has 1 atom stereocenters. The maximum Gasteiger partial charge on any atom is 0.227 e. The van der Waals surface area contributed by atoms with Crippen LogP contribution in [0.25, 0.3) is 0 Å². The first kappa shape index (κ1) is 19.7. The Kier molecular flexibility index (Phi) is 8.19. The van der Waals surface area contributed by atoms with Crippen molar-refractivity contribution >= 4 is 17.4 Å². The normalized spacial score (nSPS) is 21.6. The van der Waals surface area contributed by atoms with E-state index in [1.807, 2.05) is 19.1 Å². The van der Waals surface area contributed by atoms with Crippen molar-refractivity contribution in [1.82, 2.24) is 4.98 Å². The zero-order valence-electron chi connectivity index (χ0n) is 15.6. The lowest BCUT2D eigenvalue weighted by molar-refractivity contribution is -0.121. The molecule has 0 spiro atoms. The Balaban J connectivity index is 1.79. The van der Waals surface area contributed by atoms with Crippen molar-refractivity contribution in [2.45, 2.75) is 71.3 Å². The van der Waals surface area contributed by atoms with Gasteiger partial charge in [0, 0.05) is 5.92 Å². The van der Waals surface area contributed by atoms with Crippen molar-refractivity contribution in [1.29, 1.82) is 0 Å². The molecule has 140 valence electrons. The van der Waals surface area contributed by atoms with Crippen LogP contribution in [0.2, 0.25) is 0 Å². The van der Waals surface area contributed by atoms with Crippen LogP contribution in [0.5, 0.6) is 0 Å². The zero-order chi connectivity index (χ0) is 18.1. The fraction of sp³-hybridized carbons (Fsp3) is 0.700. The molecule has 1 unspecified atom stereocenters. The second-order valence-electron chi connectivity index (χ2n) is 7.21. The highest BCUT2D eigenvalue weighted by atomic mass is 16.3. The summed E-state index contributed by atoms with van der Waals surface area (Å²) in [7, 11) is 0. The third-order valence-electron chi connectivity index (χ3n) is 5.28. The topological polar surface area (TPSA) is 74.2 Å². The molecule has 0 aliphatic heterocycles. The summed E-state index contributed by atoms with van der Waals surface area (Å²) >= 11 is 0. The summed E-state index contributed by atoms with van der Waals surface area (Å²) in [5.74, 6) is 1.79. The molecule has 5 nitrogen and oxygen atoms in total. The number of hydrogen-bond donors (Lipinski definition) is 3. The summed E-state index contributed by atoms with van der Waals surface area (Å²) in [5.41, 5.74) is 0.737. The number of aromatic nitrogens is 1. The summed E-state index contributed by atoms with van der Waals surface area (Å²) in [6.45, 7) is 4.33. The lowest BCUT2D eigenvalue weighted by Crippen LogP contribution is -2.27. The van der Waals surface area contributed by atoms with E-state index in [-0.39, 0.29) is 24.5 Å². The van der Waals surface area contributed by atoms with Crippen LogP contribution in [0.4, 0.5) is 11.5 Å². The van der Waals surface area contributed by atoms with Crippen LogP contribution in [0, 0.1) is 11.8 Å². The molecule has 2 rings (SSSR count). The standard InChI is InChI=1S/C20H33N3O2/c1-3-5-6-15-7-9-16(10-8-15)20(25)23-18-11-12-19(21-13-18)22-17(4-2)14-24/h11-13,15-17,24H,3-10,14H2,1-2H3,(H,21,22)(H,23,25). The molecule has 1 aromatic rings. The van der Waals surface area contributed by atoms with Crippen LogP contribution in [0.3, 0.4) is 0 Å². The van der Waals surface area contributed by atoms with Crippen LogP contribution in [0.15, 0.2) is 18.3 Å². The second kappa shape index (κ2) is 10.4. The fourth-order valence-electron chi connectivity index (χ4n) is 3.49. The van der Waals surface area contributed by atoms with E-state index in [9.17, 15) is 9.90 Å². The highest BCUT2D eigenvalue weighted by molar-refractivity contribution is 5.92. The summed E-state index contributed by atoms with van der Waals surface area (Å²) in [6.07, 6.45) is 10.8. The molecule has 25 heavy (non-hydrogen) atoms. The number of aliphatic hydroxyl groups is 1. The number of anilines is 2. The second-order valence-corrected chi connectivity index (χ2v) is 7.21. The van der Waals surface area contributed by atoms with Crippen molar-refractivity contribution in [3.05, 3.63) is 18.3 Å². The summed E-state index contributed by atoms with van der Waals surface area (Å²) in [5, 5.41) is 15.4. The quantitative estimate of drug-likeness (QED) is 0.626. The molecule has 3 N–H and O–H groups in total. The van der Waals surface area contributed by atoms with Crippen LogP contribution in [0.1, 0.15) is 65.2 Å². The van der Waals surface area contributed by atoms with Gasteiger partial charge in [0.2, 0.25) is 5.91 Å². The third-order valence-corrected chi connectivity index (χ3v) is 5.28. The van der Waals surface area contributed by atoms with Gasteiger partial charge in [-0.15, -0.1) is 0 Å². The number of rotatable bonds is 9. The Labute approximate surface area is 151 Å². The van der Waals surface area contributed by atoms with Gasteiger partial charge in [0.15, 0.2) is 0 Å². The Bertz CT molecular complexity index is 506. The lowest BCUT2D eigenvalue weighted by Gasteiger charge is -2.27. The van der Waals surface area contributed by atoms with Crippen LogP contribution < -0.4 is 10.6 Å². The average Bonchev–Trinajstić information content (AvgIpc) is 2.66. The predicted molar refractivity (Wildman–Crippen MR) is 103 cm³/mol. The summed E-state index contributed by atoms with van der Waals surface area (Å²) < 4.78 is 0. The maximum absolute atomic E-state index is 12.5. The molecule has 0 radical (unpaired) electrons. The number of amides is 1. The van der Waals surface area contributed by atoms with Gasteiger partial charge in [-0.1, -0.05) is 33.1 Å². The number of aliphatic hydroxyl groups excluding tert-OH is 1. The SMILES string of the molecule is CCCCC1CCC(C(=O)Nc2ccc(NC(CC)CO)nc2)CC1. The highest BCUT2D eigenvalue weighted by Crippen LogP contribution is 2.32. The summed E-state index contributed by atoms with van der Waals surface area (Å²) in [4.78, 5) is 16.8. The number of nitrogens with one attached hydrogen (secondary N) is 2. The smallest absolute Gasteiger partial charge is 0.227 e. The monoisotopic (exact) mass is 347 g/mol. The molecule has 1 aliphatic rings. The maximum atomic E-state index is 12.5. The first-order valence-electron chi connectivity index (χ1n) is 9.80. The number of hydrogen-bond acceptors (Lipinski definition) is 4. The van der Waals surface area contributed by atoms with E-state index in [4.69, 9.17) is 0 Å². The minimum absolute atomic E-state index is 0.0100. The Morgan fingerprint density at radius 2 is 2.04 bits per heavy atom. The van der Waals surface area contributed by atoms with Crippen molar-refractivity contribution in [2.24, 2.45) is 11.8 Å². The lowest BCUT2D eigenvalue weighted by atomic mass is 9.79. The van der Waals surface area contributed by atoms with Crippen LogP contribution >= 0.6 is 0 Å². The molecule has 5 heteroatoms. The molecular formula is C20H33N3O2. The van der Waals surface area contributed by atoms with Gasteiger partial charge in [0.05, 0.1) is 24.5 Å². The first-order chi connectivity index (χ1) is 12.2. The van der Waals surface area contributed by atoms with Gasteiger partial charge in [0.25, 0.3) is 0 Å². The minimum atomic E-state index is 0.0100. The van der Waals surface area contributed by atoms with E-state index in [0.717, 1.165) is 36.7 Å². The number of unbranched alkanes of at least 4 members (excludes halogenated alkanes) is 1. The van der Waals surface area contributed by atoms with Crippen molar-refractivity contribution in [2.75, 3.05) is 17.2 Å². The Morgan fingerprint density at radius 1 is 1.28 bits per heavy atom. The average molecular weight is 348 g/mol. The Morgan fingerprint density at radius 3 is 2.60 bits per heavy atom. The molecule has 1 aromatic heterocycles. The van der Waals surface area contributed by atoms with Gasteiger partial charge in [0.1, 0.15) is 5.82 Å². The molecule has 1 aliphatic carbocycles. The molecule has 0 aromatic carbocycles. The molecule has 1 saturated carbocycles. The molecule has 1 fully saturated rings. The van der Waals surface area contributed by atoms with Crippen molar-refractivity contribution in [3.8, 4) is 0 Å². The zero-order valence-corrected chi connectivity index (χ0v) is 15.6. The largest absolute Gasteiger partial charge is 0.394 e. The van der Waals surface area contributed by atoms with Gasteiger partial charge < -0.3 is 15.7 Å². The molecular weight excluding hydrogens is 314 g/mol. The molecule has 1 amide bonds. The van der Waals surface area contributed by atoms with Gasteiger partial charge >= 0.3 is 0 Å². The fourth-order valence-corrected chi connectivity index (χ4v) is 3.49. The van der Waals surface area contributed by atoms with E-state index in [1.165, 1.54) is 32.1 Å². The van der Waals surface area contributed by atoms with Crippen LogP contribution in [-0.4, -0.2) is 28.6 Å². The van der Waals surface area contributed by atoms with Crippen LogP contribution in [-0.2, 0) is 4.79 Å². The predicted octanol–water partition coefficient (Wildman–Crippen LogP) is 4.20. The van der Waals surface area contributed by atoms with Gasteiger partial charge in [-0.05, 0) is 50.2 Å². The number of pyridine rings is 1.